The first-order valence-corrected chi connectivity index (χ1v) is 8.41. The van der Waals surface area contributed by atoms with Crippen LogP contribution in [0.25, 0.3) is 0 Å². The number of hydrogen-bond acceptors (Lipinski definition) is 3. The summed E-state index contributed by atoms with van der Waals surface area (Å²) in [6.45, 7) is 9.00. The van der Waals surface area contributed by atoms with Crippen molar-refractivity contribution in [2.45, 2.75) is 33.6 Å². The summed E-state index contributed by atoms with van der Waals surface area (Å²) >= 11 is 0. The zero-order valence-electron chi connectivity index (χ0n) is 14.7. The van der Waals surface area contributed by atoms with E-state index in [0.717, 1.165) is 25.1 Å². The average molecular weight is 354 g/mol. The van der Waals surface area contributed by atoms with Crippen LogP contribution in [0.4, 0.5) is 5.69 Å². The number of nitrogens with one attached hydrogen (secondary N) is 2. The van der Waals surface area contributed by atoms with Crippen LogP contribution < -0.4 is 10.6 Å². The molecule has 1 unspecified atom stereocenters. The Bertz CT molecular complexity index is 550. The third-order valence-corrected chi connectivity index (χ3v) is 4.59. The SMILES string of the molecule is CCN(CC)C(=O)c1ccc(NC(=O)C2(C)CCCNC2)cc1.Cl. The second kappa shape index (κ2) is 9.04. The fourth-order valence-electron chi connectivity index (χ4n) is 2.92. The molecule has 5 nitrogen and oxygen atoms in total. The van der Waals surface area contributed by atoms with E-state index >= 15 is 0 Å². The van der Waals surface area contributed by atoms with Crippen LogP contribution in [0.15, 0.2) is 24.3 Å². The Balaban J connectivity index is 0.00000288. The van der Waals surface area contributed by atoms with Gasteiger partial charge in [0, 0.05) is 30.9 Å². The molecule has 2 rings (SSSR count). The summed E-state index contributed by atoms with van der Waals surface area (Å²) in [7, 11) is 0. The Morgan fingerprint density at radius 3 is 2.33 bits per heavy atom. The van der Waals surface area contributed by atoms with Gasteiger partial charge in [-0.15, -0.1) is 12.4 Å². The number of benzene rings is 1. The lowest BCUT2D eigenvalue weighted by Crippen LogP contribution is -2.46. The van der Waals surface area contributed by atoms with Crippen LogP contribution in [-0.4, -0.2) is 42.9 Å². The largest absolute Gasteiger partial charge is 0.339 e. The molecule has 0 aliphatic carbocycles. The third-order valence-electron chi connectivity index (χ3n) is 4.59. The van der Waals surface area contributed by atoms with E-state index in [2.05, 4.69) is 10.6 Å². The quantitative estimate of drug-likeness (QED) is 0.855. The Labute approximate surface area is 150 Å². The Morgan fingerprint density at radius 1 is 1.21 bits per heavy atom. The van der Waals surface area contributed by atoms with Crippen molar-refractivity contribution in [3.63, 3.8) is 0 Å². The third kappa shape index (κ3) is 4.71. The number of carbonyl (C=O) groups is 2. The van der Waals surface area contributed by atoms with Crippen LogP contribution in [0, 0.1) is 5.41 Å². The van der Waals surface area contributed by atoms with E-state index in [4.69, 9.17) is 0 Å². The monoisotopic (exact) mass is 353 g/mol. The molecule has 1 aliphatic heterocycles. The number of carbonyl (C=O) groups excluding carboxylic acids is 2. The van der Waals surface area contributed by atoms with Crippen molar-refractivity contribution in [3.05, 3.63) is 29.8 Å². The lowest BCUT2D eigenvalue weighted by molar-refractivity contribution is -0.125. The molecule has 2 amide bonds. The topological polar surface area (TPSA) is 61.4 Å². The fraction of sp³-hybridized carbons (Fsp3) is 0.556. The van der Waals surface area contributed by atoms with E-state index in [1.807, 2.05) is 20.8 Å². The lowest BCUT2D eigenvalue weighted by atomic mass is 9.82. The van der Waals surface area contributed by atoms with Gasteiger partial charge >= 0.3 is 0 Å². The minimum absolute atomic E-state index is 0. The summed E-state index contributed by atoms with van der Waals surface area (Å²) in [5.74, 6) is 0.0591. The van der Waals surface area contributed by atoms with Gasteiger partial charge in [0.15, 0.2) is 0 Å². The van der Waals surface area contributed by atoms with Gasteiger partial charge in [0.1, 0.15) is 0 Å². The molecule has 1 fully saturated rings. The number of piperidine rings is 1. The number of hydrogen-bond donors (Lipinski definition) is 2. The standard InChI is InChI=1S/C18H27N3O2.ClH/c1-4-21(5-2)16(22)14-7-9-15(10-8-14)20-17(23)18(3)11-6-12-19-13-18;/h7-10,19H,4-6,11-13H2,1-3H3,(H,20,23);1H. The Hall–Kier alpha value is -1.59. The molecular formula is C18H28ClN3O2. The molecular weight excluding hydrogens is 326 g/mol. The van der Waals surface area contributed by atoms with Gasteiger partial charge in [-0.25, -0.2) is 0 Å². The molecule has 0 radical (unpaired) electrons. The molecule has 2 N–H and O–H groups in total. The van der Waals surface area contributed by atoms with E-state index in [-0.39, 0.29) is 29.6 Å². The van der Waals surface area contributed by atoms with Gasteiger partial charge in [-0.1, -0.05) is 0 Å². The molecule has 1 aromatic rings. The average Bonchev–Trinajstić information content (AvgIpc) is 2.57. The first-order chi connectivity index (χ1) is 11.0. The zero-order chi connectivity index (χ0) is 16.9. The molecule has 24 heavy (non-hydrogen) atoms. The van der Waals surface area contributed by atoms with Crippen molar-refractivity contribution in [1.82, 2.24) is 10.2 Å². The Kier molecular flexibility index (Phi) is 7.70. The normalized spacial score (nSPS) is 20.0. The summed E-state index contributed by atoms with van der Waals surface area (Å²) in [4.78, 5) is 26.5. The lowest BCUT2D eigenvalue weighted by Gasteiger charge is -2.32. The summed E-state index contributed by atoms with van der Waals surface area (Å²) in [6, 6.07) is 7.15. The predicted molar refractivity (Wildman–Crippen MR) is 99.8 cm³/mol. The summed E-state index contributed by atoms with van der Waals surface area (Å²) in [5.41, 5.74) is 1.02. The number of rotatable bonds is 5. The molecule has 1 aliphatic rings. The van der Waals surface area contributed by atoms with Crippen molar-refractivity contribution in [2.75, 3.05) is 31.5 Å². The van der Waals surface area contributed by atoms with E-state index in [9.17, 15) is 9.59 Å². The van der Waals surface area contributed by atoms with Crippen molar-refractivity contribution in [2.24, 2.45) is 5.41 Å². The molecule has 1 atom stereocenters. The minimum atomic E-state index is -0.367. The van der Waals surface area contributed by atoms with Crippen molar-refractivity contribution < 1.29 is 9.59 Å². The molecule has 0 spiro atoms. The maximum absolute atomic E-state index is 12.5. The first-order valence-electron chi connectivity index (χ1n) is 8.41. The van der Waals surface area contributed by atoms with E-state index < -0.39 is 0 Å². The van der Waals surface area contributed by atoms with Gasteiger partial charge in [-0.2, -0.15) is 0 Å². The molecule has 1 heterocycles. The van der Waals surface area contributed by atoms with Crippen molar-refractivity contribution >= 4 is 29.9 Å². The Morgan fingerprint density at radius 2 is 1.83 bits per heavy atom. The highest BCUT2D eigenvalue weighted by atomic mass is 35.5. The van der Waals surface area contributed by atoms with E-state index in [1.54, 1.807) is 29.2 Å². The molecule has 1 saturated heterocycles. The fourth-order valence-corrected chi connectivity index (χ4v) is 2.92. The van der Waals surface area contributed by atoms with Gasteiger partial charge in [0.25, 0.3) is 5.91 Å². The highest BCUT2D eigenvalue weighted by Gasteiger charge is 2.34. The second-order valence-corrected chi connectivity index (χ2v) is 6.35. The number of nitrogens with zero attached hydrogens (tertiary/aromatic N) is 1. The van der Waals surface area contributed by atoms with Gasteiger partial charge in [0.05, 0.1) is 5.41 Å². The highest BCUT2D eigenvalue weighted by Crippen LogP contribution is 2.27. The van der Waals surface area contributed by atoms with Crippen LogP contribution in [-0.2, 0) is 4.79 Å². The smallest absolute Gasteiger partial charge is 0.253 e. The van der Waals surface area contributed by atoms with Crippen molar-refractivity contribution in [1.29, 1.82) is 0 Å². The first kappa shape index (κ1) is 20.5. The maximum Gasteiger partial charge on any atom is 0.253 e. The zero-order valence-corrected chi connectivity index (χ0v) is 15.5. The molecule has 6 heteroatoms. The maximum atomic E-state index is 12.5. The van der Waals surface area contributed by atoms with Crippen LogP contribution in [0.2, 0.25) is 0 Å². The van der Waals surface area contributed by atoms with Gasteiger partial charge < -0.3 is 15.5 Å². The van der Waals surface area contributed by atoms with E-state index in [1.165, 1.54) is 0 Å². The second-order valence-electron chi connectivity index (χ2n) is 6.35. The molecule has 134 valence electrons. The van der Waals surface area contributed by atoms with E-state index in [0.29, 0.717) is 25.2 Å². The summed E-state index contributed by atoms with van der Waals surface area (Å²) in [5, 5.41) is 6.25. The summed E-state index contributed by atoms with van der Waals surface area (Å²) < 4.78 is 0. The molecule has 1 aromatic carbocycles. The number of anilines is 1. The van der Waals surface area contributed by atoms with Gasteiger partial charge in [-0.05, 0) is 64.4 Å². The van der Waals surface area contributed by atoms with Crippen LogP contribution in [0.5, 0.6) is 0 Å². The number of halogens is 1. The predicted octanol–water partition coefficient (Wildman–Crippen LogP) is 2.92. The molecule has 0 aromatic heterocycles. The highest BCUT2D eigenvalue weighted by molar-refractivity contribution is 5.97. The van der Waals surface area contributed by atoms with Gasteiger partial charge in [-0.3, -0.25) is 9.59 Å². The van der Waals surface area contributed by atoms with Crippen molar-refractivity contribution in [3.8, 4) is 0 Å². The molecule has 0 saturated carbocycles. The van der Waals surface area contributed by atoms with Crippen LogP contribution in [0.1, 0.15) is 44.0 Å². The number of amides is 2. The van der Waals surface area contributed by atoms with Crippen LogP contribution >= 0.6 is 12.4 Å². The molecule has 0 bridgehead atoms. The minimum Gasteiger partial charge on any atom is -0.339 e. The van der Waals surface area contributed by atoms with Crippen LogP contribution in [0.3, 0.4) is 0 Å². The summed E-state index contributed by atoms with van der Waals surface area (Å²) in [6.07, 6.45) is 1.91. The van der Waals surface area contributed by atoms with Gasteiger partial charge in [0.2, 0.25) is 5.91 Å².